The number of amides is 1. The van der Waals surface area contributed by atoms with Gasteiger partial charge in [0.15, 0.2) is 0 Å². The molecule has 1 fully saturated rings. The van der Waals surface area contributed by atoms with Gasteiger partial charge in [0.1, 0.15) is 0 Å². The molecule has 20 heavy (non-hydrogen) atoms. The minimum atomic E-state index is -0.318. The van der Waals surface area contributed by atoms with Gasteiger partial charge in [-0.3, -0.25) is 9.59 Å². The van der Waals surface area contributed by atoms with E-state index in [2.05, 4.69) is 17.6 Å². The van der Waals surface area contributed by atoms with Crippen molar-refractivity contribution in [2.75, 3.05) is 20.2 Å². The van der Waals surface area contributed by atoms with E-state index >= 15 is 0 Å². The average Bonchev–Trinajstić information content (AvgIpc) is 3.08. The molecule has 1 aromatic rings. The molecule has 2 N–H and O–H groups in total. The first-order chi connectivity index (χ1) is 9.61. The van der Waals surface area contributed by atoms with Gasteiger partial charge in [0.25, 0.3) is 0 Å². The number of thiophene rings is 1. The molecule has 1 aliphatic rings. The minimum Gasteiger partial charge on any atom is -0.469 e. The lowest BCUT2D eigenvalue weighted by atomic mass is 9.96. The summed E-state index contributed by atoms with van der Waals surface area (Å²) in [6.45, 7) is 3.62. The number of esters is 1. The second kappa shape index (κ2) is 6.85. The Kier molecular flexibility index (Phi) is 5.14. The van der Waals surface area contributed by atoms with E-state index in [1.54, 1.807) is 0 Å². The van der Waals surface area contributed by atoms with E-state index in [0.717, 1.165) is 11.4 Å². The maximum atomic E-state index is 12.3. The summed E-state index contributed by atoms with van der Waals surface area (Å²) in [5.41, 5.74) is 0. The van der Waals surface area contributed by atoms with E-state index in [-0.39, 0.29) is 30.3 Å². The van der Waals surface area contributed by atoms with Crippen molar-refractivity contribution in [3.05, 3.63) is 22.4 Å². The molecule has 6 heteroatoms. The smallest absolute Gasteiger partial charge is 0.307 e. The summed E-state index contributed by atoms with van der Waals surface area (Å²) in [4.78, 5) is 24.8. The molecule has 1 saturated heterocycles. The first kappa shape index (κ1) is 15.0. The lowest BCUT2D eigenvalue weighted by molar-refractivity contribution is -0.141. The van der Waals surface area contributed by atoms with Crippen LogP contribution in [0.25, 0.3) is 0 Å². The summed E-state index contributed by atoms with van der Waals surface area (Å²) >= 11 is 1.53. The Morgan fingerprint density at radius 2 is 2.35 bits per heavy atom. The minimum absolute atomic E-state index is 0.00445. The lowest BCUT2D eigenvalue weighted by Crippen LogP contribution is -2.37. The molecule has 1 aromatic heterocycles. The largest absolute Gasteiger partial charge is 0.469 e. The Labute approximate surface area is 122 Å². The molecule has 5 nitrogen and oxygen atoms in total. The van der Waals surface area contributed by atoms with E-state index < -0.39 is 0 Å². The van der Waals surface area contributed by atoms with Gasteiger partial charge in [0.2, 0.25) is 5.91 Å². The normalized spacial score (nSPS) is 23.3. The number of methoxy groups -OCH3 is 1. The highest BCUT2D eigenvalue weighted by atomic mass is 32.1. The number of nitrogens with one attached hydrogen (secondary N) is 2. The molecular weight excluding hydrogens is 276 g/mol. The summed E-state index contributed by atoms with van der Waals surface area (Å²) in [6, 6.07) is 3.54. The van der Waals surface area contributed by atoms with Gasteiger partial charge >= 0.3 is 5.97 Å². The van der Waals surface area contributed by atoms with Crippen molar-refractivity contribution < 1.29 is 14.3 Å². The van der Waals surface area contributed by atoms with Crippen molar-refractivity contribution in [3.8, 4) is 0 Å². The zero-order valence-corrected chi connectivity index (χ0v) is 12.5. The predicted octanol–water partition coefficient (Wildman–Crippen LogP) is 1.32. The monoisotopic (exact) mass is 296 g/mol. The Morgan fingerprint density at radius 3 is 2.90 bits per heavy atom. The number of hydrogen-bond donors (Lipinski definition) is 2. The molecule has 110 valence electrons. The maximum absolute atomic E-state index is 12.3. The van der Waals surface area contributed by atoms with E-state index in [9.17, 15) is 9.59 Å². The molecule has 0 aromatic carbocycles. The van der Waals surface area contributed by atoms with Crippen molar-refractivity contribution in [1.82, 2.24) is 10.6 Å². The van der Waals surface area contributed by atoms with E-state index in [1.807, 2.05) is 17.5 Å². The molecule has 1 aliphatic heterocycles. The SMILES string of the molecule is COC(=O)CC(NC(=O)C1CNCC1C)c1cccs1. The summed E-state index contributed by atoms with van der Waals surface area (Å²) in [7, 11) is 1.36. The van der Waals surface area contributed by atoms with Crippen LogP contribution in [0.3, 0.4) is 0 Å². The highest BCUT2D eigenvalue weighted by Crippen LogP contribution is 2.24. The third-order valence-electron chi connectivity index (χ3n) is 3.66. The quantitative estimate of drug-likeness (QED) is 0.804. The van der Waals surface area contributed by atoms with Crippen molar-refractivity contribution in [2.45, 2.75) is 19.4 Å². The Bertz CT molecular complexity index is 461. The van der Waals surface area contributed by atoms with E-state index in [1.165, 1.54) is 18.4 Å². The van der Waals surface area contributed by atoms with Crippen molar-refractivity contribution in [3.63, 3.8) is 0 Å². The van der Waals surface area contributed by atoms with Crippen LogP contribution in [-0.2, 0) is 14.3 Å². The molecule has 0 saturated carbocycles. The summed E-state index contributed by atoms with van der Waals surface area (Å²) in [5, 5.41) is 8.14. The number of carbonyl (C=O) groups excluding carboxylic acids is 2. The molecule has 1 amide bonds. The number of hydrogen-bond acceptors (Lipinski definition) is 5. The summed E-state index contributed by atoms with van der Waals surface area (Å²) < 4.78 is 4.71. The van der Waals surface area contributed by atoms with Gasteiger partial charge in [-0.15, -0.1) is 11.3 Å². The van der Waals surface area contributed by atoms with Crippen LogP contribution in [0.4, 0.5) is 0 Å². The third-order valence-corrected chi connectivity index (χ3v) is 4.64. The maximum Gasteiger partial charge on any atom is 0.307 e. The highest BCUT2D eigenvalue weighted by molar-refractivity contribution is 7.10. The zero-order valence-electron chi connectivity index (χ0n) is 11.7. The topological polar surface area (TPSA) is 67.4 Å². The van der Waals surface area contributed by atoms with Gasteiger partial charge in [-0.2, -0.15) is 0 Å². The predicted molar refractivity (Wildman–Crippen MR) is 77.4 cm³/mol. The van der Waals surface area contributed by atoms with Crippen LogP contribution in [0.2, 0.25) is 0 Å². The van der Waals surface area contributed by atoms with Gasteiger partial charge in [0, 0.05) is 11.4 Å². The lowest BCUT2D eigenvalue weighted by Gasteiger charge is -2.20. The third kappa shape index (κ3) is 3.58. The summed E-state index contributed by atoms with van der Waals surface area (Å²) in [5.74, 6) is -0.0293. The number of carbonyl (C=O) groups is 2. The first-order valence-corrected chi connectivity index (χ1v) is 7.61. The fourth-order valence-electron chi connectivity index (χ4n) is 2.40. The van der Waals surface area contributed by atoms with Gasteiger partial charge in [-0.1, -0.05) is 13.0 Å². The van der Waals surface area contributed by atoms with Crippen molar-refractivity contribution in [2.24, 2.45) is 11.8 Å². The molecule has 3 atom stereocenters. The Morgan fingerprint density at radius 1 is 1.55 bits per heavy atom. The average molecular weight is 296 g/mol. The van der Waals surface area contributed by atoms with Crippen molar-refractivity contribution in [1.29, 1.82) is 0 Å². The van der Waals surface area contributed by atoms with Crippen LogP contribution in [0, 0.1) is 11.8 Å². The number of ether oxygens (including phenoxy) is 1. The van der Waals surface area contributed by atoms with E-state index in [0.29, 0.717) is 12.5 Å². The molecule has 0 aliphatic carbocycles. The highest BCUT2D eigenvalue weighted by Gasteiger charge is 2.31. The molecule has 0 bridgehead atoms. The standard InChI is InChI=1S/C14H20N2O3S/c1-9-7-15-8-10(9)14(18)16-11(6-13(17)19-2)12-4-3-5-20-12/h3-5,9-11,15H,6-8H2,1-2H3,(H,16,18). The second-order valence-electron chi connectivity index (χ2n) is 5.10. The zero-order chi connectivity index (χ0) is 14.5. The molecule has 3 unspecified atom stereocenters. The fraction of sp³-hybridized carbons (Fsp3) is 0.571. The fourth-order valence-corrected chi connectivity index (χ4v) is 3.18. The second-order valence-corrected chi connectivity index (χ2v) is 6.08. The van der Waals surface area contributed by atoms with Gasteiger partial charge in [-0.25, -0.2) is 0 Å². The van der Waals surface area contributed by atoms with Crippen LogP contribution < -0.4 is 10.6 Å². The Balaban J connectivity index is 2.03. The first-order valence-electron chi connectivity index (χ1n) is 6.73. The molecular formula is C14H20N2O3S. The van der Waals surface area contributed by atoms with E-state index in [4.69, 9.17) is 4.74 Å². The van der Waals surface area contributed by atoms with Crippen LogP contribution in [-0.4, -0.2) is 32.1 Å². The van der Waals surface area contributed by atoms with Gasteiger partial charge < -0.3 is 15.4 Å². The summed E-state index contributed by atoms with van der Waals surface area (Å²) in [6.07, 6.45) is 0.164. The molecule has 2 heterocycles. The van der Waals surface area contributed by atoms with Crippen LogP contribution >= 0.6 is 11.3 Å². The Hall–Kier alpha value is -1.40. The number of rotatable bonds is 5. The van der Waals surface area contributed by atoms with Crippen LogP contribution in [0.5, 0.6) is 0 Å². The van der Waals surface area contributed by atoms with Crippen molar-refractivity contribution >= 4 is 23.2 Å². The van der Waals surface area contributed by atoms with Crippen LogP contribution in [0.1, 0.15) is 24.3 Å². The molecule has 2 rings (SSSR count). The van der Waals surface area contributed by atoms with Gasteiger partial charge in [0.05, 0.1) is 25.5 Å². The molecule has 0 radical (unpaired) electrons. The van der Waals surface area contributed by atoms with Crippen LogP contribution in [0.15, 0.2) is 17.5 Å². The van der Waals surface area contributed by atoms with Gasteiger partial charge in [-0.05, 0) is 23.9 Å². The molecule has 0 spiro atoms.